The second-order valence-corrected chi connectivity index (χ2v) is 7.83. The van der Waals surface area contributed by atoms with Crippen LogP contribution in [0.2, 0.25) is 0 Å². The van der Waals surface area contributed by atoms with E-state index in [-0.39, 0.29) is 5.91 Å². The van der Waals surface area contributed by atoms with Gasteiger partial charge in [0, 0.05) is 62.6 Å². The van der Waals surface area contributed by atoms with Crippen molar-refractivity contribution in [2.75, 3.05) is 19.0 Å². The van der Waals surface area contributed by atoms with Crippen molar-refractivity contribution >= 4 is 17.8 Å². The normalized spacial score (nSPS) is 11.0. The van der Waals surface area contributed by atoms with Gasteiger partial charge in [-0.2, -0.15) is 5.10 Å². The molecule has 7 heteroatoms. The molecule has 0 aliphatic heterocycles. The van der Waals surface area contributed by atoms with Gasteiger partial charge in [0.2, 0.25) is 5.91 Å². The number of anilines is 1. The smallest absolute Gasteiger partial charge is 0.244 e. The van der Waals surface area contributed by atoms with Crippen molar-refractivity contribution < 1.29 is 4.79 Å². The molecule has 0 saturated carbocycles. The Labute approximate surface area is 193 Å². The fourth-order valence-electron chi connectivity index (χ4n) is 3.37. The van der Waals surface area contributed by atoms with Crippen molar-refractivity contribution in [2.45, 2.75) is 13.1 Å². The van der Waals surface area contributed by atoms with Crippen LogP contribution in [0.1, 0.15) is 16.7 Å². The van der Waals surface area contributed by atoms with Crippen LogP contribution in [0.25, 0.3) is 17.3 Å². The van der Waals surface area contributed by atoms with Gasteiger partial charge in [0.1, 0.15) is 11.5 Å². The molecule has 3 heterocycles. The zero-order valence-electron chi connectivity index (χ0n) is 18.7. The predicted octanol–water partition coefficient (Wildman–Crippen LogP) is 3.78. The molecule has 1 amide bonds. The Morgan fingerprint density at radius 2 is 1.91 bits per heavy atom. The Morgan fingerprint density at radius 3 is 2.67 bits per heavy atom. The van der Waals surface area contributed by atoms with Crippen molar-refractivity contribution in [3.05, 3.63) is 102 Å². The summed E-state index contributed by atoms with van der Waals surface area (Å²) < 4.78 is 1.88. The van der Waals surface area contributed by atoms with Crippen LogP contribution < -0.4 is 10.2 Å². The summed E-state index contributed by atoms with van der Waals surface area (Å²) >= 11 is 0. The van der Waals surface area contributed by atoms with E-state index in [4.69, 9.17) is 5.10 Å². The van der Waals surface area contributed by atoms with E-state index in [0.29, 0.717) is 13.1 Å². The first-order valence-corrected chi connectivity index (χ1v) is 10.7. The van der Waals surface area contributed by atoms with E-state index >= 15 is 0 Å². The van der Waals surface area contributed by atoms with Crippen LogP contribution in [0.15, 0.2) is 85.5 Å². The molecule has 7 nitrogen and oxygen atoms in total. The summed E-state index contributed by atoms with van der Waals surface area (Å²) in [4.78, 5) is 22.9. The summed E-state index contributed by atoms with van der Waals surface area (Å²) in [5.74, 6) is 0.676. The minimum absolute atomic E-state index is 0.175. The zero-order valence-corrected chi connectivity index (χ0v) is 18.7. The van der Waals surface area contributed by atoms with Crippen molar-refractivity contribution in [2.24, 2.45) is 0 Å². The van der Waals surface area contributed by atoms with E-state index < -0.39 is 0 Å². The van der Waals surface area contributed by atoms with Gasteiger partial charge in [0.25, 0.3) is 0 Å². The number of benzene rings is 1. The van der Waals surface area contributed by atoms with E-state index in [0.717, 1.165) is 33.8 Å². The molecule has 0 unspecified atom stereocenters. The second kappa shape index (κ2) is 10.4. The molecule has 4 aromatic rings. The van der Waals surface area contributed by atoms with Crippen LogP contribution in [0, 0.1) is 0 Å². The highest BCUT2D eigenvalue weighted by molar-refractivity contribution is 5.92. The summed E-state index contributed by atoms with van der Waals surface area (Å²) in [5, 5.41) is 7.69. The Bertz CT molecular complexity index is 1230. The molecular weight excluding hydrogens is 412 g/mol. The fourth-order valence-corrected chi connectivity index (χ4v) is 3.37. The van der Waals surface area contributed by atoms with Crippen LogP contribution in [-0.4, -0.2) is 39.8 Å². The Morgan fingerprint density at radius 1 is 1.06 bits per heavy atom. The summed E-state index contributed by atoms with van der Waals surface area (Å²) in [6, 6.07) is 17.8. The summed E-state index contributed by atoms with van der Waals surface area (Å²) in [6.45, 7) is 1.07. The van der Waals surface area contributed by atoms with Crippen LogP contribution >= 0.6 is 0 Å². The molecule has 0 atom stereocenters. The average molecular weight is 439 g/mol. The van der Waals surface area contributed by atoms with Gasteiger partial charge in [0.15, 0.2) is 0 Å². The first kappa shape index (κ1) is 22.0. The van der Waals surface area contributed by atoms with Crippen LogP contribution in [0.4, 0.5) is 5.82 Å². The number of nitrogens with one attached hydrogen (secondary N) is 1. The number of hydrogen-bond acceptors (Lipinski definition) is 5. The monoisotopic (exact) mass is 438 g/mol. The third-order valence-corrected chi connectivity index (χ3v) is 5.06. The minimum atomic E-state index is -0.175. The number of carbonyl (C=O) groups is 1. The van der Waals surface area contributed by atoms with Gasteiger partial charge in [-0.25, -0.2) is 4.98 Å². The lowest BCUT2D eigenvalue weighted by Crippen LogP contribution is -2.20. The summed E-state index contributed by atoms with van der Waals surface area (Å²) in [7, 11) is 3.87. The van der Waals surface area contributed by atoms with Crippen LogP contribution in [0.5, 0.6) is 0 Å². The number of pyridine rings is 2. The molecule has 0 aliphatic rings. The number of carbonyl (C=O) groups excluding carboxylic acids is 1. The van der Waals surface area contributed by atoms with Gasteiger partial charge in [0.05, 0.1) is 6.54 Å². The topological polar surface area (TPSA) is 75.9 Å². The summed E-state index contributed by atoms with van der Waals surface area (Å²) in [6.07, 6.45) is 10.5. The van der Waals surface area contributed by atoms with Crippen LogP contribution in [-0.2, 0) is 17.9 Å². The second-order valence-electron chi connectivity index (χ2n) is 7.83. The Hall–Kier alpha value is -4.26. The highest BCUT2D eigenvalue weighted by atomic mass is 16.1. The molecule has 166 valence electrons. The molecule has 0 bridgehead atoms. The molecule has 0 saturated heterocycles. The van der Waals surface area contributed by atoms with Crippen molar-refractivity contribution in [1.29, 1.82) is 0 Å². The summed E-state index contributed by atoms with van der Waals surface area (Å²) in [5.41, 5.74) is 4.68. The highest BCUT2D eigenvalue weighted by Gasteiger charge is 2.10. The number of hydrogen-bond donors (Lipinski definition) is 1. The molecule has 1 N–H and O–H groups in total. The molecule has 0 aliphatic carbocycles. The molecule has 1 aromatic carbocycles. The molecule has 33 heavy (non-hydrogen) atoms. The van der Waals surface area contributed by atoms with Gasteiger partial charge in [-0.05, 0) is 41.5 Å². The molecule has 0 spiro atoms. The lowest BCUT2D eigenvalue weighted by Gasteiger charge is -2.12. The lowest BCUT2D eigenvalue weighted by atomic mass is 10.1. The lowest BCUT2D eigenvalue weighted by molar-refractivity contribution is -0.116. The maximum absolute atomic E-state index is 12.5. The van der Waals surface area contributed by atoms with Crippen molar-refractivity contribution in [1.82, 2.24) is 25.1 Å². The van der Waals surface area contributed by atoms with E-state index in [1.807, 2.05) is 72.3 Å². The number of nitrogens with zero attached hydrogens (tertiary/aromatic N) is 5. The first-order valence-electron chi connectivity index (χ1n) is 10.7. The van der Waals surface area contributed by atoms with Gasteiger partial charge in [-0.15, -0.1) is 0 Å². The van der Waals surface area contributed by atoms with Crippen molar-refractivity contribution in [3.8, 4) is 11.3 Å². The molecule has 0 radical (unpaired) electrons. The Kier molecular flexibility index (Phi) is 6.90. The number of aromatic nitrogens is 4. The van der Waals surface area contributed by atoms with Crippen molar-refractivity contribution in [3.63, 3.8) is 0 Å². The molecular formula is C26H26N6O. The van der Waals surface area contributed by atoms with E-state index in [1.165, 1.54) is 6.08 Å². The maximum atomic E-state index is 12.5. The zero-order chi connectivity index (χ0) is 23.0. The third kappa shape index (κ3) is 5.92. The van der Waals surface area contributed by atoms with E-state index in [9.17, 15) is 4.79 Å². The van der Waals surface area contributed by atoms with Gasteiger partial charge < -0.3 is 10.2 Å². The molecule has 3 aromatic heterocycles. The average Bonchev–Trinajstić information content (AvgIpc) is 3.25. The van der Waals surface area contributed by atoms with E-state index in [2.05, 4.69) is 27.4 Å². The Balaban J connectivity index is 1.49. The number of amides is 1. The quantitative estimate of drug-likeness (QED) is 0.424. The van der Waals surface area contributed by atoms with Gasteiger partial charge in [-0.3, -0.25) is 14.5 Å². The SMILES string of the molecule is CN(C)c1cc(CNC(=O)/C=C/c2cn(Cc3ccccc3)nc2-c2cccnc2)ccn1. The molecule has 4 rings (SSSR count). The third-order valence-electron chi connectivity index (χ3n) is 5.06. The molecule has 0 fully saturated rings. The number of rotatable bonds is 8. The highest BCUT2D eigenvalue weighted by Crippen LogP contribution is 2.23. The van der Waals surface area contributed by atoms with Crippen LogP contribution in [0.3, 0.4) is 0 Å². The fraction of sp³-hybridized carbons (Fsp3) is 0.154. The standard InChI is InChI=1S/C26H26N6O/c1-31(2)24-15-21(12-14-28-24)16-29-25(33)11-10-23-19-32(18-20-7-4-3-5-8-20)30-26(23)22-9-6-13-27-17-22/h3-15,17,19H,16,18H2,1-2H3,(H,29,33)/b11-10+. The minimum Gasteiger partial charge on any atom is -0.363 e. The van der Waals surface area contributed by atoms with E-state index in [1.54, 1.807) is 24.7 Å². The maximum Gasteiger partial charge on any atom is 0.244 e. The van der Waals surface area contributed by atoms with Gasteiger partial charge >= 0.3 is 0 Å². The largest absolute Gasteiger partial charge is 0.363 e. The van der Waals surface area contributed by atoms with Gasteiger partial charge in [-0.1, -0.05) is 30.3 Å². The predicted molar refractivity (Wildman–Crippen MR) is 130 cm³/mol. The first-order chi connectivity index (χ1) is 16.1.